The molecule has 0 aliphatic rings. The van der Waals surface area contributed by atoms with E-state index in [2.05, 4.69) is 4.98 Å². The van der Waals surface area contributed by atoms with Crippen LogP contribution in [0, 0.1) is 0 Å². The molecule has 2 aromatic heterocycles. The number of aromatic nitrogens is 2. The van der Waals surface area contributed by atoms with Crippen LogP contribution in [0.4, 0.5) is 5.82 Å². The second kappa shape index (κ2) is 8.31. The Morgan fingerprint density at radius 3 is 2.35 bits per heavy atom. The van der Waals surface area contributed by atoms with Crippen molar-refractivity contribution in [3.63, 3.8) is 0 Å². The van der Waals surface area contributed by atoms with Gasteiger partial charge in [0.15, 0.2) is 0 Å². The highest BCUT2D eigenvalue weighted by Crippen LogP contribution is 2.24. The molecule has 7 heteroatoms. The van der Waals surface area contributed by atoms with Crippen molar-refractivity contribution in [1.82, 2.24) is 19.2 Å². The van der Waals surface area contributed by atoms with Crippen molar-refractivity contribution in [1.29, 1.82) is 0 Å². The molecule has 2 aromatic rings. The molecule has 0 saturated carbocycles. The monoisotopic (exact) mass is 359 g/mol. The van der Waals surface area contributed by atoms with Gasteiger partial charge in [-0.2, -0.15) is 0 Å². The summed E-state index contributed by atoms with van der Waals surface area (Å²) in [5.74, 6) is 0.671. The van der Waals surface area contributed by atoms with Gasteiger partial charge >= 0.3 is 0 Å². The molecule has 0 bridgehead atoms. The molecule has 7 nitrogen and oxygen atoms in total. The predicted molar refractivity (Wildman–Crippen MR) is 104 cm³/mol. The minimum atomic E-state index is -0.0441. The molecule has 0 aromatic carbocycles. The van der Waals surface area contributed by atoms with Crippen molar-refractivity contribution >= 4 is 23.3 Å². The number of anilines is 1. The molecule has 142 valence electrons. The molecule has 2 heterocycles. The fourth-order valence-electron chi connectivity index (χ4n) is 2.92. The fourth-order valence-corrected chi connectivity index (χ4v) is 2.92. The van der Waals surface area contributed by atoms with E-state index in [0.717, 1.165) is 23.7 Å². The summed E-state index contributed by atoms with van der Waals surface area (Å²) in [6.45, 7) is 7.50. The zero-order valence-electron chi connectivity index (χ0n) is 16.6. The molecule has 0 spiro atoms. The van der Waals surface area contributed by atoms with Crippen LogP contribution in [0.3, 0.4) is 0 Å². The number of carbonyl (C=O) groups is 2. The first-order valence-electron chi connectivity index (χ1n) is 8.99. The van der Waals surface area contributed by atoms with E-state index in [1.807, 2.05) is 43.3 Å². The van der Waals surface area contributed by atoms with Crippen molar-refractivity contribution in [3.05, 3.63) is 29.6 Å². The SMILES string of the molecule is CCc1nc2ccc(C(=O)N(C)CCN(C)C)cn2c1N(CC)C(C)=O. The van der Waals surface area contributed by atoms with Gasteiger partial charge in [-0.3, -0.25) is 18.9 Å². The van der Waals surface area contributed by atoms with Crippen LogP contribution in [0.15, 0.2) is 18.3 Å². The number of amides is 2. The maximum Gasteiger partial charge on any atom is 0.255 e. The van der Waals surface area contributed by atoms with Crippen molar-refractivity contribution in [3.8, 4) is 0 Å². The van der Waals surface area contributed by atoms with Gasteiger partial charge in [-0.1, -0.05) is 6.92 Å². The number of imidazole rings is 1. The number of aryl methyl sites for hydroxylation is 1. The summed E-state index contributed by atoms with van der Waals surface area (Å²) in [4.78, 5) is 34.9. The maximum absolute atomic E-state index is 12.8. The molecule has 0 saturated heterocycles. The Morgan fingerprint density at radius 2 is 1.81 bits per heavy atom. The lowest BCUT2D eigenvalue weighted by atomic mass is 10.2. The Hall–Kier alpha value is -2.41. The summed E-state index contributed by atoms with van der Waals surface area (Å²) >= 11 is 0. The molecular weight excluding hydrogens is 330 g/mol. The Balaban J connectivity index is 2.46. The quantitative estimate of drug-likeness (QED) is 0.758. The highest BCUT2D eigenvalue weighted by atomic mass is 16.2. The molecule has 0 N–H and O–H groups in total. The molecule has 2 rings (SSSR count). The van der Waals surface area contributed by atoms with Crippen molar-refractivity contribution in [2.75, 3.05) is 45.7 Å². The van der Waals surface area contributed by atoms with Crippen LogP contribution >= 0.6 is 0 Å². The number of hydrogen-bond acceptors (Lipinski definition) is 4. The molecular formula is C19H29N5O2. The standard InChI is InChI=1S/C19H29N5O2/c1-7-16-18(23(8-2)14(3)25)24-13-15(9-10-17(24)20-16)19(26)22(6)12-11-21(4)5/h9-10,13H,7-8,11-12H2,1-6H3. The van der Waals surface area contributed by atoms with E-state index in [1.165, 1.54) is 0 Å². The Morgan fingerprint density at radius 1 is 1.12 bits per heavy atom. The van der Waals surface area contributed by atoms with Crippen LogP contribution in [0.1, 0.15) is 36.8 Å². The molecule has 0 aliphatic carbocycles. The number of hydrogen-bond donors (Lipinski definition) is 0. The topological polar surface area (TPSA) is 61.2 Å². The third-order valence-electron chi connectivity index (χ3n) is 4.43. The molecule has 0 atom stereocenters. The second-order valence-corrected chi connectivity index (χ2v) is 6.67. The molecule has 0 unspecified atom stereocenters. The largest absolute Gasteiger partial charge is 0.340 e. The number of likely N-dealkylation sites (N-methyl/N-ethyl adjacent to an activating group) is 2. The van der Waals surface area contributed by atoms with Crippen LogP contribution < -0.4 is 4.90 Å². The van der Waals surface area contributed by atoms with E-state index in [0.29, 0.717) is 25.1 Å². The molecule has 0 radical (unpaired) electrons. The van der Waals surface area contributed by atoms with E-state index in [-0.39, 0.29) is 11.8 Å². The lowest BCUT2D eigenvalue weighted by molar-refractivity contribution is -0.116. The van der Waals surface area contributed by atoms with Crippen LogP contribution in [0.2, 0.25) is 0 Å². The van der Waals surface area contributed by atoms with Crippen molar-refractivity contribution < 1.29 is 9.59 Å². The second-order valence-electron chi connectivity index (χ2n) is 6.67. The minimum absolute atomic E-state index is 0.0381. The molecule has 0 fully saturated rings. The molecule has 2 amide bonds. The van der Waals surface area contributed by atoms with Gasteiger partial charge in [0.05, 0.1) is 11.3 Å². The van der Waals surface area contributed by atoms with E-state index >= 15 is 0 Å². The van der Waals surface area contributed by atoms with Crippen LogP contribution in [0.5, 0.6) is 0 Å². The van der Waals surface area contributed by atoms with E-state index < -0.39 is 0 Å². The first-order valence-corrected chi connectivity index (χ1v) is 8.99. The fraction of sp³-hybridized carbons (Fsp3) is 0.526. The first kappa shape index (κ1) is 19.9. The van der Waals surface area contributed by atoms with Gasteiger partial charge in [-0.15, -0.1) is 0 Å². The number of pyridine rings is 1. The smallest absolute Gasteiger partial charge is 0.255 e. The summed E-state index contributed by atoms with van der Waals surface area (Å²) in [5, 5.41) is 0. The van der Waals surface area contributed by atoms with Gasteiger partial charge in [-0.25, -0.2) is 4.98 Å². The third kappa shape index (κ3) is 4.04. The van der Waals surface area contributed by atoms with Crippen LogP contribution in [-0.4, -0.2) is 71.8 Å². The lowest BCUT2D eigenvalue weighted by Crippen LogP contribution is -2.33. The minimum Gasteiger partial charge on any atom is -0.340 e. The highest BCUT2D eigenvalue weighted by Gasteiger charge is 2.21. The average Bonchev–Trinajstić information content (AvgIpc) is 2.97. The molecule has 26 heavy (non-hydrogen) atoms. The number of rotatable bonds is 7. The van der Waals surface area contributed by atoms with E-state index in [4.69, 9.17) is 0 Å². The summed E-state index contributed by atoms with van der Waals surface area (Å²) in [6.07, 6.45) is 2.50. The molecule has 0 aliphatic heterocycles. The van der Waals surface area contributed by atoms with Crippen molar-refractivity contribution in [2.24, 2.45) is 0 Å². The normalized spacial score (nSPS) is 11.2. The first-order chi connectivity index (χ1) is 12.3. The van der Waals surface area contributed by atoms with Gasteiger partial charge in [0.1, 0.15) is 11.5 Å². The average molecular weight is 359 g/mol. The highest BCUT2D eigenvalue weighted by molar-refractivity contribution is 5.95. The van der Waals surface area contributed by atoms with Gasteiger partial charge in [-0.05, 0) is 39.6 Å². The zero-order chi connectivity index (χ0) is 19.4. The maximum atomic E-state index is 12.8. The van der Waals surface area contributed by atoms with Crippen LogP contribution in [-0.2, 0) is 11.2 Å². The lowest BCUT2D eigenvalue weighted by Gasteiger charge is -2.21. The predicted octanol–water partition coefficient (Wildman–Crippen LogP) is 1.90. The third-order valence-corrected chi connectivity index (χ3v) is 4.43. The van der Waals surface area contributed by atoms with Gasteiger partial charge in [0.25, 0.3) is 5.91 Å². The Bertz CT molecular complexity index is 797. The Labute approximate surface area is 155 Å². The zero-order valence-corrected chi connectivity index (χ0v) is 16.6. The van der Waals surface area contributed by atoms with Crippen LogP contribution in [0.25, 0.3) is 5.65 Å². The van der Waals surface area contributed by atoms with Gasteiger partial charge < -0.3 is 9.80 Å². The summed E-state index contributed by atoms with van der Waals surface area (Å²) < 4.78 is 1.86. The van der Waals surface area contributed by atoms with Crippen molar-refractivity contribution in [2.45, 2.75) is 27.2 Å². The number of nitrogens with zero attached hydrogens (tertiary/aromatic N) is 5. The number of fused-ring (bicyclic) bond motifs is 1. The van der Waals surface area contributed by atoms with Gasteiger partial charge in [0.2, 0.25) is 5.91 Å². The van der Waals surface area contributed by atoms with E-state index in [9.17, 15) is 9.59 Å². The summed E-state index contributed by atoms with van der Waals surface area (Å²) in [5.41, 5.74) is 2.18. The number of carbonyl (C=O) groups excluding carboxylic acids is 2. The summed E-state index contributed by atoms with van der Waals surface area (Å²) in [6, 6.07) is 3.63. The van der Waals surface area contributed by atoms with E-state index in [1.54, 1.807) is 36.0 Å². The Kier molecular flexibility index (Phi) is 6.37. The summed E-state index contributed by atoms with van der Waals surface area (Å²) in [7, 11) is 5.77. The van der Waals surface area contributed by atoms with Gasteiger partial charge in [0, 0.05) is 39.8 Å².